The summed E-state index contributed by atoms with van der Waals surface area (Å²) >= 11 is 0. The topological polar surface area (TPSA) is 69.2 Å². The van der Waals surface area contributed by atoms with Gasteiger partial charge in [-0.3, -0.25) is 0 Å². The van der Waals surface area contributed by atoms with Crippen LogP contribution in [0, 0.1) is 6.92 Å². The Balaban J connectivity index is 1.62. The number of hydrogen-bond acceptors (Lipinski definition) is 6. The minimum atomic E-state index is 0.522. The lowest BCUT2D eigenvalue weighted by Crippen LogP contribution is -2.02. The first kappa shape index (κ1) is 16.7. The van der Waals surface area contributed by atoms with Crippen molar-refractivity contribution < 1.29 is 9.47 Å². The van der Waals surface area contributed by atoms with E-state index in [1.807, 2.05) is 56.3 Å². The normalized spacial score (nSPS) is 10.3. The predicted octanol–water partition coefficient (Wildman–Crippen LogP) is 3.98. The molecule has 0 aliphatic rings. The van der Waals surface area contributed by atoms with E-state index in [1.165, 1.54) is 0 Å². The molecule has 0 saturated carbocycles. The number of pyridine rings is 1. The van der Waals surface area contributed by atoms with Crippen molar-refractivity contribution in [2.45, 2.75) is 20.4 Å². The number of hydrogen-bond donors (Lipinski definition) is 1. The summed E-state index contributed by atoms with van der Waals surface area (Å²) in [6.45, 7) is 5.08. The van der Waals surface area contributed by atoms with Crippen LogP contribution in [0.3, 0.4) is 0 Å². The zero-order valence-electron chi connectivity index (χ0n) is 14.3. The monoisotopic (exact) mass is 336 g/mol. The average molecular weight is 336 g/mol. The molecule has 0 aliphatic carbocycles. The Kier molecular flexibility index (Phi) is 5.41. The van der Waals surface area contributed by atoms with Gasteiger partial charge in [0.1, 0.15) is 12.1 Å². The molecule has 0 atom stereocenters. The molecule has 0 amide bonds. The highest BCUT2D eigenvalue weighted by Crippen LogP contribution is 2.30. The molecule has 25 heavy (non-hydrogen) atoms. The van der Waals surface area contributed by atoms with Gasteiger partial charge in [0.25, 0.3) is 0 Å². The average Bonchev–Trinajstić information content (AvgIpc) is 2.63. The van der Waals surface area contributed by atoms with Gasteiger partial charge in [0.15, 0.2) is 11.5 Å². The lowest BCUT2D eigenvalue weighted by Gasteiger charge is -2.11. The number of para-hydroxylation sites is 2. The van der Waals surface area contributed by atoms with E-state index in [4.69, 9.17) is 9.47 Å². The Morgan fingerprint density at radius 2 is 1.84 bits per heavy atom. The number of benzene rings is 1. The molecule has 1 aromatic carbocycles. The van der Waals surface area contributed by atoms with Gasteiger partial charge in [0, 0.05) is 30.6 Å². The van der Waals surface area contributed by atoms with Gasteiger partial charge in [0.2, 0.25) is 5.88 Å². The Bertz CT molecular complexity index is 822. The van der Waals surface area contributed by atoms with Gasteiger partial charge in [-0.1, -0.05) is 18.2 Å². The van der Waals surface area contributed by atoms with E-state index in [2.05, 4.69) is 20.3 Å². The largest absolute Gasteiger partial charge is 0.490 e. The first-order valence-electron chi connectivity index (χ1n) is 8.11. The summed E-state index contributed by atoms with van der Waals surface area (Å²) in [5, 5.41) is 3.24. The van der Waals surface area contributed by atoms with Crippen LogP contribution >= 0.6 is 0 Å². The summed E-state index contributed by atoms with van der Waals surface area (Å²) in [5.41, 5.74) is 1.95. The fourth-order valence-corrected chi connectivity index (χ4v) is 2.24. The van der Waals surface area contributed by atoms with Crippen LogP contribution in [-0.4, -0.2) is 21.6 Å². The molecule has 128 valence electrons. The number of nitrogens with one attached hydrogen (secondary N) is 1. The second kappa shape index (κ2) is 8.10. The Morgan fingerprint density at radius 3 is 2.56 bits per heavy atom. The maximum Gasteiger partial charge on any atom is 0.219 e. The zero-order chi connectivity index (χ0) is 17.5. The van der Waals surface area contributed by atoms with Gasteiger partial charge >= 0.3 is 0 Å². The van der Waals surface area contributed by atoms with Gasteiger partial charge < -0.3 is 14.8 Å². The molecular formula is C19H20N4O2. The van der Waals surface area contributed by atoms with Crippen molar-refractivity contribution in [2.75, 3.05) is 11.9 Å². The molecule has 2 aromatic heterocycles. The van der Waals surface area contributed by atoms with E-state index < -0.39 is 0 Å². The van der Waals surface area contributed by atoms with Crippen molar-refractivity contribution in [3.8, 4) is 17.4 Å². The molecule has 3 aromatic rings. The third-order valence-corrected chi connectivity index (χ3v) is 3.44. The molecule has 1 N–H and O–H groups in total. The lowest BCUT2D eigenvalue weighted by atomic mass is 10.3. The van der Waals surface area contributed by atoms with Crippen molar-refractivity contribution in [2.24, 2.45) is 0 Å². The number of aromatic nitrogens is 3. The van der Waals surface area contributed by atoms with Crippen LogP contribution in [0.2, 0.25) is 0 Å². The molecule has 2 heterocycles. The van der Waals surface area contributed by atoms with Crippen molar-refractivity contribution in [3.05, 3.63) is 66.2 Å². The van der Waals surface area contributed by atoms with Gasteiger partial charge in [-0.2, -0.15) is 0 Å². The number of ether oxygens (including phenoxy) is 2. The van der Waals surface area contributed by atoms with Gasteiger partial charge in [-0.05, 0) is 31.5 Å². The molecule has 0 aliphatic heterocycles. The van der Waals surface area contributed by atoms with E-state index in [0.29, 0.717) is 30.5 Å². The summed E-state index contributed by atoms with van der Waals surface area (Å²) in [5.74, 6) is 2.67. The van der Waals surface area contributed by atoms with Gasteiger partial charge in [-0.25, -0.2) is 15.0 Å². The second-order valence-corrected chi connectivity index (χ2v) is 5.38. The molecule has 6 nitrogen and oxygen atoms in total. The van der Waals surface area contributed by atoms with Crippen LogP contribution in [-0.2, 0) is 6.54 Å². The smallest absolute Gasteiger partial charge is 0.219 e. The van der Waals surface area contributed by atoms with Gasteiger partial charge in [-0.15, -0.1) is 0 Å². The van der Waals surface area contributed by atoms with E-state index in [-0.39, 0.29) is 0 Å². The summed E-state index contributed by atoms with van der Waals surface area (Å²) < 4.78 is 11.4. The lowest BCUT2D eigenvalue weighted by molar-refractivity contribution is 0.319. The van der Waals surface area contributed by atoms with Crippen LogP contribution in [0.25, 0.3) is 0 Å². The molecular weight excluding hydrogens is 316 g/mol. The van der Waals surface area contributed by atoms with Gasteiger partial charge in [0.05, 0.1) is 6.61 Å². The fourth-order valence-electron chi connectivity index (χ4n) is 2.24. The SMILES string of the molecule is CCOc1ccccc1Oc1ccc(CNc2cc(C)ncn2)cn1. The van der Waals surface area contributed by atoms with E-state index in [9.17, 15) is 0 Å². The molecule has 3 rings (SSSR count). The molecule has 0 radical (unpaired) electrons. The van der Waals surface area contributed by atoms with E-state index in [1.54, 1.807) is 12.5 Å². The standard InChI is InChI=1S/C19H20N4O2/c1-3-24-16-6-4-5-7-17(16)25-19-9-8-15(12-21-19)11-20-18-10-14(2)22-13-23-18/h4-10,12-13H,3,11H2,1-2H3,(H,20,22,23). The highest BCUT2D eigenvalue weighted by atomic mass is 16.5. The third kappa shape index (κ3) is 4.67. The number of rotatable bonds is 7. The number of aryl methyl sites for hydroxylation is 1. The molecule has 0 unspecified atom stereocenters. The number of anilines is 1. The highest BCUT2D eigenvalue weighted by Gasteiger charge is 2.06. The van der Waals surface area contributed by atoms with Crippen molar-refractivity contribution in [3.63, 3.8) is 0 Å². The summed E-state index contributed by atoms with van der Waals surface area (Å²) in [4.78, 5) is 12.6. The maximum absolute atomic E-state index is 5.82. The summed E-state index contributed by atoms with van der Waals surface area (Å²) in [7, 11) is 0. The van der Waals surface area contributed by atoms with Crippen molar-refractivity contribution in [1.82, 2.24) is 15.0 Å². The number of nitrogens with zero attached hydrogens (tertiary/aromatic N) is 3. The molecule has 0 fully saturated rings. The quantitative estimate of drug-likeness (QED) is 0.704. The molecule has 0 saturated heterocycles. The minimum absolute atomic E-state index is 0.522. The molecule has 0 bridgehead atoms. The fraction of sp³-hybridized carbons (Fsp3) is 0.211. The summed E-state index contributed by atoms with van der Waals surface area (Å²) in [6.07, 6.45) is 3.32. The minimum Gasteiger partial charge on any atom is -0.490 e. The predicted molar refractivity (Wildman–Crippen MR) is 96.0 cm³/mol. The van der Waals surface area contributed by atoms with Crippen LogP contribution in [0.1, 0.15) is 18.2 Å². The van der Waals surface area contributed by atoms with Crippen LogP contribution in [0.5, 0.6) is 17.4 Å². The van der Waals surface area contributed by atoms with Crippen LogP contribution in [0.4, 0.5) is 5.82 Å². The highest BCUT2D eigenvalue weighted by molar-refractivity contribution is 5.42. The van der Waals surface area contributed by atoms with E-state index in [0.717, 1.165) is 17.1 Å². The van der Waals surface area contributed by atoms with E-state index >= 15 is 0 Å². The zero-order valence-corrected chi connectivity index (χ0v) is 14.3. The second-order valence-electron chi connectivity index (χ2n) is 5.38. The Hall–Kier alpha value is -3.15. The first-order valence-corrected chi connectivity index (χ1v) is 8.11. The molecule has 6 heteroatoms. The Labute approximate surface area is 146 Å². The maximum atomic E-state index is 5.82. The third-order valence-electron chi connectivity index (χ3n) is 3.44. The molecule has 0 spiro atoms. The summed E-state index contributed by atoms with van der Waals surface area (Å²) in [6, 6.07) is 13.3. The van der Waals surface area contributed by atoms with Crippen molar-refractivity contribution in [1.29, 1.82) is 0 Å². The first-order chi connectivity index (χ1) is 12.2. The van der Waals surface area contributed by atoms with Crippen LogP contribution in [0.15, 0.2) is 55.0 Å². The Morgan fingerprint density at radius 1 is 1.00 bits per heavy atom. The van der Waals surface area contributed by atoms with Crippen molar-refractivity contribution >= 4 is 5.82 Å². The van der Waals surface area contributed by atoms with Crippen LogP contribution < -0.4 is 14.8 Å².